The number of esters is 2. The summed E-state index contributed by atoms with van der Waals surface area (Å²) >= 11 is 0. The number of rotatable bonds is 6. The highest BCUT2D eigenvalue weighted by Gasteiger charge is 2.39. The number of halogens is 3. The first-order valence-corrected chi connectivity index (χ1v) is 6.77. The van der Waals surface area contributed by atoms with E-state index < -0.39 is 52.2 Å². The van der Waals surface area contributed by atoms with Gasteiger partial charge in [-0.05, 0) is 26.8 Å². The van der Waals surface area contributed by atoms with E-state index in [2.05, 4.69) is 9.47 Å². The maximum absolute atomic E-state index is 14.0. The first-order valence-electron chi connectivity index (χ1n) is 6.77. The quantitative estimate of drug-likeness (QED) is 0.346. The standard InChI is InChI=1S/C15H15F3O5/c1-4-22-14(20)10(15(21)23-5-2)13(19)8-6-9(16)12(18)7(3)11(8)17/h6,10H,4-5H2,1-3H3. The van der Waals surface area contributed by atoms with E-state index in [1.807, 2.05) is 0 Å². The van der Waals surface area contributed by atoms with Crippen LogP contribution in [-0.2, 0) is 19.1 Å². The zero-order valence-electron chi connectivity index (χ0n) is 12.7. The first-order chi connectivity index (χ1) is 10.8. The molecule has 23 heavy (non-hydrogen) atoms. The largest absolute Gasteiger partial charge is 0.465 e. The Hall–Kier alpha value is -2.38. The van der Waals surface area contributed by atoms with Crippen molar-refractivity contribution < 1.29 is 37.0 Å². The van der Waals surface area contributed by atoms with Crippen LogP contribution in [0.4, 0.5) is 13.2 Å². The van der Waals surface area contributed by atoms with Crippen LogP contribution < -0.4 is 0 Å². The van der Waals surface area contributed by atoms with Crippen LogP contribution in [0.5, 0.6) is 0 Å². The Bertz CT molecular complexity index is 624. The lowest BCUT2D eigenvalue weighted by Gasteiger charge is -2.14. The van der Waals surface area contributed by atoms with E-state index in [0.717, 1.165) is 6.92 Å². The summed E-state index contributed by atoms with van der Waals surface area (Å²) in [6.45, 7) is 3.52. The van der Waals surface area contributed by atoms with Gasteiger partial charge in [-0.3, -0.25) is 14.4 Å². The minimum atomic E-state index is -2.10. The van der Waals surface area contributed by atoms with E-state index in [0.29, 0.717) is 6.07 Å². The fraction of sp³-hybridized carbons (Fsp3) is 0.400. The molecule has 126 valence electrons. The molecule has 0 radical (unpaired) electrons. The van der Waals surface area contributed by atoms with Gasteiger partial charge in [0, 0.05) is 5.56 Å². The normalized spacial score (nSPS) is 10.6. The summed E-state index contributed by atoms with van der Waals surface area (Å²) in [4.78, 5) is 35.9. The van der Waals surface area contributed by atoms with Crippen molar-refractivity contribution in [2.75, 3.05) is 13.2 Å². The van der Waals surface area contributed by atoms with Crippen LogP contribution in [0.15, 0.2) is 6.07 Å². The van der Waals surface area contributed by atoms with Crippen LogP contribution in [-0.4, -0.2) is 30.9 Å². The Balaban J connectivity index is 3.35. The highest BCUT2D eigenvalue weighted by molar-refractivity contribution is 6.20. The van der Waals surface area contributed by atoms with Crippen molar-refractivity contribution in [2.24, 2.45) is 5.92 Å². The second-order valence-corrected chi connectivity index (χ2v) is 4.46. The average molecular weight is 332 g/mol. The molecule has 0 aliphatic rings. The number of ketones is 1. The van der Waals surface area contributed by atoms with E-state index in [4.69, 9.17) is 0 Å². The van der Waals surface area contributed by atoms with Crippen molar-refractivity contribution in [3.63, 3.8) is 0 Å². The summed E-state index contributed by atoms with van der Waals surface area (Å²) < 4.78 is 49.9. The van der Waals surface area contributed by atoms with Gasteiger partial charge < -0.3 is 9.47 Å². The van der Waals surface area contributed by atoms with Crippen molar-refractivity contribution in [2.45, 2.75) is 20.8 Å². The number of ether oxygens (including phenoxy) is 2. The second kappa shape index (κ2) is 7.75. The van der Waals surface area contributed by atoms with Gasteiger partial charge in [0.25, 0.3) is 0 Å². The Kier molecular flexibility index (Phi) is 6.29. The molecule has 5 nitrogen and oxygen atoms in total. The lowest BCUT2D eigenvalue weighted by molar-refractivity contribution is -0.158. The van der Waals surface area contributed by atoms with E-state index in [1.54, 1.807) is 0 Å². The number of benzene rings is 1. The van der Waals surface area contributed by atoms with Crippen molar-refractivity contribution in [3.8, 4) is 0 Å². The van der Waals surface area contributed by atoms with Crippen LogP contribution in [0.2, 0.25) is 0 Å². The van der Waals surface area contributed by atoms with Gasteiger partial charge in [-0.1, -0.05) is 0 Å². The third-order valence-electron chi connectivity index (χ3n) is 2.95. The van der Waals surface area contributed by atoms with Gasteiger partial charge in [-0.15, -0.1) is 0 Å². The number of carbonyl (C=O) groups excluding carboxylic acids is 3. The lowest BCUT2D eigenvalue weighted by Crippen LogP contribution is -2.35. The van der Waals surface area contributed by atoms with E-state index in [-0.39, 0.29) is 13.2 Å². The van der Waals surface area contributed by atoms with Crippen LogP contribution in [0.25, 0.3) is 0 Å². The molecule has 0 bridgehead atoms. The molecule has 1 aromatic rings. The van der Waals surface area contributed by atoms with E-state index in [9.17, 15) is 27.6 Å². The summed E-state index contributed by atoms with van der Waals surface area (Å²) in [7, 11) is 0. The topological polar surface area (TPSA) is 69.7 Å². The predicted octanol–water partition coefficient (Wildman–Crippen LogP) is 2.34. The van der Waals surface area contributed by atoms with Crippen molar-refractivity contribution in [1.82, 2.24) is 0 Å². The molecule has 0 aliphatic carbocycles. The number of hydrogen-bond donors (Lipinski definition) is 0. The van der Waals surface area contributed by atoms with Crippen LogP contribution in [0.3, 0.4) is 0 Å². The molecule has 1 rings (SSSR count). The average Bonchev–Trinajstić information content (AvgIpc) is 2.49. The zero-order valence-corrected chi connectivity index (χ0v) is 12.7. The summed E-state index contributed by atoms with van der Waals surface area (Å²) in [5, 5.41) is 0. The van der Waals surface area contributed by atoms with Gasteiger partial charge >= 0.3 is 11.9 Å². The molecule has 0 aliphatic heterocycles. The van der Waals surface area contributed by atoms with Gasteiger partial charge in [-0.2, -0.15) is 0 Å². The van der Waals surface area contributed by atoms with Gasteiger partial charge in [0.05, 0.1) is 18.8 Å². The smallest absolute Gasteiger partial charge is 0.328 e. The van der Waals surface area contributed by atoms with Crippen molar-refractivity contribution in [1.29, 1.82) is 0 Å². The molecule has 8 heteroatoms. The van der Waals surface area contributed by atoms with Crippen LogP contribution in [0, 0.1) is 30.3 Å². The minimum Gasteiger partial charge on any atom is -0.465 e. The molecule has 0 N–H and O–H groups in total. The summed E-state index contributed by atoms with van der Waals surface area (Å²) in [6, 6.07) is 0.297. The zero-order chi connectivity index (χ0) is 17.7. The highest BCUT2D eigenvalue weighted by Crippen LogP contribution is 2.23. The molecule has 0 unspecified atom stereocenters. The Labute approximate surface area is 130 Å². The van der Waals surface area contributed by atoms with Crippen LogP contribution in [0.1, 0.15) is 29.8 Å². The molecule has 0 heterocycles. The third-order valence-corrected chi connectivity index (χ3v) is 2.95. The molecule has 0 saturated carbocycles. The second-order valence-electron chi connectivity index (χ2n) is 4.46. The van der Waals surface area contributed by atoms with Gasteiger partial charge in [0.1, 0.15) is 5.82 Å². The predicted molar refractivity (Wildman–Crippen MR) is 72.1 cm³/mol. The number of Topliss-reactive ketones (excluding diaryl/α,β-unsaturated/α-hetero) is 1. The minimum absolute atomic E-state index is 0.138. The fourth-order valence-corrected chi connectivity index (χ4v) is 1.83. The van der Waals surface area contributed by atoms with Gasteiger partial charge in [0.15, 0.2) is 17.4 Å². The Morgan fingerprint density at radius 1 is 1.00 bits per heavy atom. The molecule has 0 spiro atoms. The van der Waals surface area contributed by atoms with Gasteiger partial charge in [-0.25, -0.2) is 13.2 Å². The Morgan fingerprint density at radius 2 is 1.48 bits per heavy atom. The third kappa shape index (κ3) is 3.88. The van der Waals surface area contributed by atoms with E-state index in [1.165, 1.54) is 13.8 Å². The monoisotopic (exact) mass is 332 g/mol. The fourth-order valence-electron chi connectivity index (χ4n) is 1.83. The lowest BCUT2D eigenvalue weighted by atomic mass is 9.95. The molecule has 1 aromatic carbocycles. The van der Waals surface area contributed by atoms with E-state index >= 15 is 0 Å². The number of carbonyl (C=O) groups is 3. The van der Waals surface area contributed by atoms with Crippen molar-refractivity contribution >= 4 is 17.7 Å². The highest BCUT2D eigenvalue weighted by atomic mass is 19.2. The molecule has 0 saturated heterocycles. The summed E-state index contributed by atoms with van der Waals surface area (Å²) in [5.74, 6) is -10.3. The maximum Gasteiger partial charge on any atom is 0.328 e. The van der Waals surface area contributed by atoms with Crippen LogP contribution >= 0.6 is 0 Å². The SMILES string of the molecule is CCOC(=O)C(C(=O)OCC)C(=O)c1cc(F)c(F)c(C)c1F. The van der Waals surface area contributed by atoms with Crippen molar-refractivity contribution in [3.05, 3.63) is 34.6 Å². The molecule has 0 atom stereocenters. The molecule has 0 fully saturated rings. The summed E-state index contributed by atoms with van der Waals surface area (Å²) in [5.41, 5.74) is -1.66. The summed E-state index contributed by atoms with van der Waals surface area (Å²) in [6.07, 6.45) is 0. The maximum atomic E-state index is 14.0. The first kappa shape index (κ1) is 18.7. The Morgan fingerprint density at radius 3 is 1.91 bits per heavy atom. The molecular formula is C15H15F3O5. The molecule has 0 amide bonds. The number of hydrogen-bond acceptors (Lipinski definition) is 5. The van der Waals surface area contributed by atoms with Gasteiger partial charge in [0.2, 0.25) is 5.92 Å². The molecule has 0 aromatic heterocycles. The molecular weight excluding hydrogens is 317 g/mol.